The molecule has 0 aromatic carbocycles. The van der Waals surface area contributed by atoms with E-state index >= 15 is 0 Å². The average Bonchev–Trinajstić information content (AvgIpc) is 2.64. The van der Waals surface area contributed by atoms with Gasteiger partial charge in [-0.15, -0.1) is 11.3 Å². The maximum absolute atomic E-state index is 5.89. The third-order valence-electron chi connectivity index (χ3n) is 2.14. The van der Waals surface area contributed by atoms with E-state index in [0.717, 1.165) is 12.1 Å². The summed E-state index contributed by atoms with van der Waals surface area (Å²) in [6, 6.07) is 4.13. The molecule has 0 saturated carbocycles. The van der Waals surface area contributed by atoms with Crippen LogP contribution < -0.4 is 0 Å². The molecule has 0 aliphatic heterocycles. The number of halogens is 1. The number of nitrogens with zero attached hydrogens (tertiary/aromatic N) is 1. The van der Waals surface area contributed by atoms with Crippen LogP contribution in [-0.4, -0.2) is 5.17 Å². The maximum Gasteiger partial charge on any atom is 0.103 e. The lowest BCUT2D eigenvalue weighted by molar-refractivity contribution is 0.643. The Hall–Kier alpha value is -0.600. The van der Waals surface area contributed by atoms with Gasteiger partial charge in [-0.25, -0.2) is 4.99 Å². The zero-order valence-corrected chi connectivity index (χ0v) is 11.8. The molecule has 1 aromatic rings. The van der Waals surface area contributed by atoms with Crippen LogP contribution in [0.4, 0.5) is 0 Å². The van der Waals surface area contributed by atoms with E-state index in [4.69, 9.17) is 11.6 Å². The van der Waals surface area contributed by atoms with Crippen LogP contribution in [0.3, 0.4) is 0 Å². The van der Waals surface area contributed by atoms with Gasteiger partial charge in [-0.3, -0.25) is 0 Å². The zero-order chi connectivity index (χ0) is 12.1. The summed E-state index contributed by atoms with van der Waals surface area (Å²) in [6.45, 7) is 8.38. The van der Waals surface area contributed by atoms with Gasteiger partial charge in [0.2, 0.25) is 0 Å². The molecule has 16 heavy (non-hydrogen) atoms. The lowest BCUT2D eigenvalue weighted by atomic mass is 10.0. The predicted octanol–water partition coefficient (Wildman–Crippen LogP) is 5.18. The van der Waals surface area contributed by atoms with Crippen LogP contribution >= 0.6 is 22.9 Å². The first-order valence-corrected chi connectivity index (χ1v) is 6.71. The minimum Gasteiger partial charge on any atom is -0.240 e. The molecule has 1 aromatic heterocycles. The highest BCUT2D eigenvalue weighted by atomic mass is 35.5. The highest BCUT2D eigenvalue weighted by Gasteiger charge is 2.08. The fourth-order valence-electron chi connectivity index (χ4n) is 1.64. The van der Waals surface area contributed by atoms with Crippen LogP contribution in [0.5, 0.6) is 0 Å². The number of aliphatic imine (C=N–C) groups is 1. The highest BCUT2D eigenvalue weighted by molar-refractivity contribution is 7.11. The lowest BCUT2D eigenvalue weighted by Gasteiger charge is -2.09. The van der Waals surface area contributed by atoms with Gasteiger partial charge in [0.1, 0.15) is 5.17 Å². The molecule has 0 fully saturated rings. The van der Waals surface area contributed by atoms with Crippen molar-refractivity contribution in [2.24, 2.45) is 10.9 Å². The largest absolute Gasteiger partial charge is 0.240 e. The van der Waals surface area contributed by atoms with Crippen molar-refractivity contribution in [1.29, 1.82) is 0 Å². The Morgan fingerprint density at radius 2 is 2.12 bits per heavy atom. The molecule has 0 aliphatic carbocycles. The number of thiophene rings is 1. The summed E-state index contributed by atoms with van der Waals surface area (Å²) < 4.78 is 0. The van der Waals surface area contributed by atoms with Gasteiger partial charge >= 0.3 is 0 Å². The monoisotopic (exact) mass is 255 g/mol. The van der Waals surface area contributed by atoms with Crippen molar-refractivity contribution in [2.75, 3.05) is 0 Å². The van der Waals surface area contributed by atoms with Crippen molar-refractivity contribution in [3.63, 3.8) is 0 Å². The Balaban J connectivity index is 3.10. The van der Waals surface area contributed by atoms with Gasteiger partial charge in [0.25, 0.3) is 0 Å². The predicted molar refractivity (Wildman–Crippen MR) is 75.3 cm³/mol. The van der Waals surface area contributed by atoms with Gasteiger partial charge in [-0.05, 0) is 43.2 Å². The van der Waals surface area contributed by atoms with Gasteiger partial charge in [-0.1, -0.05) is 31.5 Å². The van der Waals surface area contributed by atoms with Crippen LogP contribution in [0.15, 0.2) is 28.1 Å². The van der Waals surface area contributed by atoms with E-state index in [0.29, 0.717) is 11.1 Å². The molecule has 0 saturated heterocycles. The second-order valence-corrected chi connectivity index (χ2v) is 5.81. The van der Waals surface area contributed by atoms with E-state index in [1.165, 1.54) is 10.5 Å². The van der Waals surface area contributed by atoms with Gasteiger partial charge in [0, 0.05) is 0 Å². The van der Waals surface area contributed by atoms with Crippen LogP contribution in [0.2, 0.25) is 0 Å². The molecule has 1 nitrogen and oxygen atoms in total. The van der Waals surface area contributed by atoms with Gasteiger partial charge in [0.15, 0.2) is 0 Å². The van der Waals surface area contributed by atoms with E-state index < -0.39 is 0 Å². The molecule has 0 atom stereocenters. The SMILES string of the molecule is CC(Cl)=N/C(=C(\C)CC(C)C)c1cccs1. The summed E-state index contributed by atoms with van der Waals surface area (Å²) in [7, 11) is 0. The normalized spacial score (nSPS) is 14.2. The summed E-state index contributed by atoms with van der Waals surface area (Å²) in [4.78, 5) is 5.64. The Morgan fingerprint density at radius 3 is 2.56 bits per heavy atom. The molecule has 0 radical (unpaired) electrons. The second kappa shape index (κ2) is 6.21. The van der Waals surface area contributed by atoms with Crippen molar-refractivity contribution < 1.29 is 0 Å². The Morgan fingerprint density at radius 1 is 1.44 bits per heavy atom. The lowest BCUT2D eigenvalue weighted by Crippen LogP contribution is -1.92. The van der Waals surface area contributed by atoms with Gasteiger partial charge in [-0.2, -0.15) is 0 Å². The summed E-state index contributed by atoms with van der Waals surface area (Å²) in [5, 5.41) is 2.66. The number of hydrogen-bond donors (Lipinski definition) is 0. The topological polar surface area (TPSA) is 12.4 Å². The van der Waals surface area contributed by atoms with Gasteiger partial charge < -0.3 is 0 Å². The van der Waals surface area contributed by atoms with Crippen molar-refractivity contribution >= 4 is 33.8 Å². The standard InChI is InChI=1S/C13H18ClNS/c1-9(2)8-10(3)13(15-11(4)14)12-6-5-7-16-12/h5-7,9H,8H2,1-4H3/b13-10+,15-11?. The molecule has 88 valence electrons. The Kier molecular flexibility index (Phi) is 5.23. The molecule has 0 aliphatic rings. The average molecular weight is 256 g/mol. The number of hydrogen-bond acceptors (Lipinski definition) is 2. The van der Waals surface area contributed by atoms with E-state index in [-0.39, 0.29) is 0 Å². The maximum atomic E-state index is 5.89. The summed E-state index contributed by atoms with van der Waals surface area (Å²) in [5.41, 5.74) is 2.34. The zero-order valence-electron chi connectivity index (χ0n) is 10.2. The molecular formula is C13H18ClNS. The fraction of sp³-hybridized carbons (Fsp3) is 0.462. The van der Waals surface area contributed by atoms with Crippen LogP contribution in [0.25, 0.3) is 5.70 Å². The van der Waals surface area contributed by atoms with E-state index in [1.807, 2.05) is 13.0 Å². The summed E-state index contributed by atoms with van der Waals surface area (Å²) in [6.07, 6.45) is 1.06. The Labute approximate surface area is 107 Å². The summed E-state index contributed by atoms with van der Waals surface area (Å²) >= 11 is 7.60. The summed E-state index contributed by atoms with van der Waals surface area (Å²) in [5.74, 6) is 0.640. The molecule has 3 heteroatoms. The number of allylic oxidation sites excluding steroid dienone is 1. The van der Waals surface area contributed by atoms with E-state index in [9.17, 15) is 0 Å². The van der Waals surface area contributed by atoms with Crippen LogP contribution in [0, 0.1) is 5.92 Å². The smallest absolute Gasteiger partial charge is 0.103 e. The Bertz CT molecular complexity index is 384. The minimum absolute atomic E-state index is 0.589. The first-order chi connectivity index (χ1) is 7.50. The van der Waals surface area contributed by atoms with Gasteiger partial charge in [0.05, 0.1) is 10.6 Å². The van der Waals surface area contributed by atoms with E-state index in [1.54, 1.807) is 11.3 Å². The molecule has 1 heterocycles. The molecule has 1 rings (SSSR count). The molecule has 0 amide bonds. The van der Waals surface area contributed by atoms with Crippen molar-refractivity contribution in [2.45, 2.75) is 34.1 Å². The molecular weight excluding hydrogens is 238 g/mol. The molecule has 0 spiro atoms. The molecule has 0 N–H and O–H groups in total. The van der Waals surface area contributed by atoms with E-state index in [2.05, 4.69) is 37.2 Å². The third kappa shape index (κ3) is 4.11. The molecule has 0 unspecified atom stereocenters. The highest BCUT2D eigenvalue weighted by Crippen LogP contribution is 2.28. The van der Waals surface area contributed by atoms with Crippen molar-refractivity contribution in [3.05, 3.63) is 28.0 Å². The first-order valence-electron chi connectivity index (χ1n) is 5.45. The van der Waals surface area contributed by atoms with Crippen molar-refractivity contribution in [1.82, 2.24) is 0 Å². The van der Waals surface area contributed by atoms with Crippen molar-refractivity contribution in [3.8, 4) is 0 Å². The fourth-order valence-corrected chi connectivity index (χ4v) is 2.51. The minimum atomic E-state index is 0.589. The first kappa shape index (κ1) is 13.5. The van der Waals surface area contributed by atoms with Crippen LogP contribution in [-0.2, 0) is 0 Å². The molecule has 0 bridgehead atoms. The quantitative estimate of drug-likeness (QED) is 0.657. The number of rotatable bonds is 4. The second-order valence-electron chi connectivity index (χ2n) is 4.31. The van der Waals surface area contributed by atoms with Crippen LogP contribution in [0.1, 0.15) is 39.0 Å². The third-order valence-corrected chi connectivity index (χ3v) is 3.10.